The third kappa shape index (κ3) is 3.91. The van der Waals surface area contributed by atoms with Crippen LogP contribution in [0.2, 0.25) is 5.02 Å². The first-order valence-electron chi connectivity index (χ1n) is 7.69. The summed E-state index contributed by atoms with van der Waals surface area (Å²) in [6.07, 6.45) is 0. The topological polar surface area (TPSA) is 66.4 Å². The standard InChI is InChI=1S/C18H15BClNO3S/c19-12-3-1-2-11(8-12)16(22)21-17-15(18(23)24)14(9-25-17)10-4-6-13(20)7-5-10/h1-8,14H,9,19H2,(H,21,22)(H,23,24). The van der Waals surface area contributed by atoms with Crippen LogP contribution in [0.25, 0.3) is 0 Å². The summed E-state index contributed by atoms with van der Waals surface area (Å²) in [5.41, 5.74) is 2.56. The minimum absolute atomic E-state index is 0.216. The summed E-state index contributed by atoms with van der Waals surface area (Å²) in [6.45, 7) is 0. The van der Waals surface area contributed by atoms with Crippen LogP contribution in [-0.4, -0.2) is 30.6 Å². The molecule has 2 aromatic carbocycles. The predicted molar refractivity (Wildman–Crippen MR) is 103 cm³/mol. The molecule has 1 unspecified atom stereocenters. The molecule has 3 rings (SSSR count). The van der Waals surface area contributed by atoms with Gasteiger partial charge in [0.15, 0.2) is 0 Å². The molecule has 0 saturated heterocycles. The van der Waals surface area contributed by atoms with Crippen molar-refractivity contribution >= 4 is 48.5 Å². The number of benzene rings is 2. The van der Waals surface area contributed by atoms with E-state index in [0.29, 0.717) is 21.4 Å². The number of hydrogen-bond donors (Lipinski definition) is 2. The zero-order valence-electron chi connectivity index (χ0n) is 13.5. The lowest BCUT2D eigenvalue weighted by Crippen LogP contribution is -2.24. The zero-order chi connectivity index (χ0) is 18.0. The van der Waals surface area contributed by atoms with Gasteiger partial charge in [-0.15, -0.1) is 11.8 Å². The first kappa shape index (κ1) is 17.6. The highest BCUT2D eigenvalue weighted by molar-refractivity contribution is 8.03. The van der Waals surface area contributed by atoms with Gasteiger partial charge in [-0.2, -0.15) is 0 Å². The Morgan fingerprint density at radius 2 is 1.92 bits per heavy atom. The summed E-state index contributed by atoms with van der Waals surface area (Å²) in [5.74, 6) is -1.05. The Hall–Kier alpha value is -2.18. The van der Waals surface area contributed by atoms with Crippen molar-refractivity contribution in [1.29, 1.82) is 0 Å². The van der Waals surface area contributed by atoms with Crippen molar-refractivity contribution in [3.05, 3.63) is 75.3 Å². The van der Waals surface area contributed by atoms with Crippen LogP contribution in [0.5, 0.6) is 0 Å². The molecule has 126 valence electrons. The number of carbonyl (C=O) groups excluding carboxylic acids is 1. The van der Waals surface area contributed by atoms with Crippen molar-refractivity contribution in [3.63, 3.8) is 0 Å². The van der Waals surface area contributed by atoms with Crippen molar-refractivity contribution in [1.82, 2.24) is 5.32 Å². The van der Waals surface area contributed by atoms with Crippen molar-refractivity contribution < 1.29 is 14.7 Å². The van der Waals surface area contributed by atoms with E-state index in [1.165, 1.54) is 11.8 Å². The normalized spacial score (nSPS) is 16.8. The molecule has 1 atom stereocenters. The molecule has 4 nitrogen and oxygen atoms in total. The molecule has 2 N–H and O–H groups in total. The molecular formula is C18H15BClNO3S. The van der Waals surface area contributed by atoms with E-state index in [0.717, 1.165) is 11.0 Å². The fraction of sp³-hybridized carbons (Fsp3) is 0.111. The molecule has 1 aliphatic heterocycles. The Balaban J connectivity index is 1.89. The van der Waals surface area contributed by atoms with Gasteiger partial charge >= 0.3 is 5.97 Å². The van der Waals surface area contributed by atoms with E-state index in [2.05, 4.69) is 5.32 Å². The van der Waals surface area contributed by atoms with Gasteiger partial charge in [0.05, 0.1) is 10.6 Å². The SMILES string of the molecule is Bc1cccc(C(=O)NC2=C(C(=O)O)C(c3ccc(Cl)cc3)CS2)c1. The van der Waals surface area contributed by atoms with Crippen molar-refractivity contribution in [2.24, 2.45) is 0 Å². The molecule has 1 aliphatic rings. The van der Waals surface area contributed by atoms with Crippen LogP contribution in [0.3, 0.4) is 0 Å². The number of halogens is 1. The molecule has 7 heteroatoms. The van der Waals surface area contributed by atoms with Crippen LogP contribution in [0.15, 0.2) is 59.1 Å². The number of carboxylic acid groups (broad SMARTS) is 1. The van der Waals surface area contributed by atoms with Gasteiger partial charge in [0.1, 0.15) is 7.85 Å². The highest BCUT2D eigenvalue weighted by Crippen LogP contribution is 2.41. The fourth-order valence-electron chi connectivity index (χ4n) is 2.76. The number of aliphatic carboxylic acids is 1. The van der Waals surface area contributed by atoms with E-state index in [-0.39, 0.29) is 17.4 Å². The summed E-state index contributed by atoms with van der Waals surface area (Å²) in [5, 5.41) is 13.4. The van der Waals surface area contributed by atoms with E-state index in [4.69, 9.17) is 11.6 Å². The third-order valence-electron chi connectivity index (χ3n) is 4.00. The average molecular weight is 372 g/mol. The molecule has 25 heavy (non-hydrogen) atoms. The van der Waals surface area contributed by atoms with E-state index in [1.54, 1.807) is 30.3 Å². The second-order valence-electron chi connectivity index (χ2n) is 5.79. The first-order valence-corrected chi connectivity index (χ1v) is 9.06. The van der Waals surface area contributed by atoms with E-state index < -0.39 is 5.97 Å². The second-order valence-corrected chi connectivity index (χ2v) is 7.25. The van der Waals surface area contributed by atoms with Crippen molar-refractivity contribution in [2.45, 2.75) is 5.92 Å². The molecule has 0 bridgehead atoms. The number of amides is 1. The van der Waals surface area contributed by atoms with E-state index >= 15 is 0 Å². The van der Waals surface area contributed by atoms with Gasteiger partial charge < -0.3 is 10.4 Å². The van der Waals surface area contributed by atoms with Crippen LogP contribution < -0.4 is 10.8 Å². The molecule has 1 amide bonds. The zero-order valence-corrected chi connectivity index (χ0v) is 15.0. The lowest BCUT2D eigenvalue weighted by Gasteiger charge is -2.12. The highest BCUT2D eigenvalue weighted by Gasteiger charge is 2.33. The fourth-order valence-corrected chi connectivity index (χ4v) is 4.12. The summed E-state index contributed by atoms with van der Waals surface area (Å²) >= 11 is 7.25. The Morgan fingerprint density at radius 3 is 2.56 bits per heavy atom. The first-order chi connectivity index (χ1) is 12.0. The van der Waals surface area contributed by atoms with Gasteiger partial charge in [0.25, 0.3) is 5.91 Å². The van der Waals surface area contributed by atoms with Crippen LogP contribution in [0.1, 0.15) is 21.8 Å². The quantitative estimate of drug-likeness (QED) is 0.808. The monoisotopic (exact) mass is 371 g/mol. The molecule has 0 spiro atoms. The molecule has 0 saturated carbocycles. The van der Waals surface area contributed by atoms with Crippen LogP contribution >= 0.6 is 23.4 Å². The van der Waals surface area contributed by atoms with Crippen LogP contribution in [-0.2, 0) is 4.79 Å². The minimum atomic E-state index is -1.02. The number of nitrogens with one attached hydrogen (secondary N) is 1. The van der Waals surface area contributed by atoms with Gasteiger partial charge in [-0.3, -0.25) is 4.79 Å². The number of carbonyl (C=O) groups is 2. The minimum Gasteiger partial charge on any atom is -0.478 e. The molecule has 2 aromatic rings. The van der Waals surface area contributed by atoms with Gasteiger partial charge in [-0.05, 0) is 23.8 Å². The van der Waals surface area contributed by atoms with E-state index in [9.17, 15) is 14.7 Å². The third-order valence-corrected chi connectivity index (χ3v) is 5.36. The number of carboxylic acids is 1. The predicted octanol–water partition coefficient (Wildman–Crippen LogP) is 2.16. The second kappa shape index (κ2) is 7.37. The Kier molecular flexibility index (Phi) is 5.20. The van der Waals surface area contributed by atoms with Gasteiger partial charge in [0, 0.05) is 22.3 Å². The maximum Gasteiger partial charge on any atom is 0.334 e. The van der Waals surface area contributed by atoms with Crippen LogP contribution in [0, 0.1) is 0 Å². The summed E-state index contributed by atoms with van der Waals surface area (Å²) in [4.78, 5) is 24.2. The largest absolute Gasteiger partial charge is 0.478 e. The Morgan fingerprint density at radius 1 is 1.20 bits per heavy atom. The number of hydrogen-bond acceptors (Lipinski definition) is 3. The summed E-state index contributed by atoms with van der Waals surface area (Å²) in [6, 6.07) is 14.3. The smallest absolute Gasteiger partial charge is 0.334 e. The number of thioether (sulfide) groups is 1. The van der Waals surface area contributed by atoms with Gasteiger partial charge in [-0.1, -0.05) is 47.4 Å². The van der Waals surface area contributed by atoms with Gasteiger partial charge in [0.2, 0.25) is 0 Å². The van der Waals surface area contributed by atoms with Crippen molar-refractivity contribution in [2.75, 3.05) is 5.75 Å². The summed E-state index contributed by atoms with van der Waals surface area (Å²) < 4.78 is 0. The molecule has 0 aromatic heterocycles. The maximum atomic E-state index is 12.4. The molecule has 0 aliphatic carbocycles. The number of rotatable bonds is 4. The molecule has 1 heterocycles. The summed E-state index contributed by atoms with van der Waals surface area (Å²) in [7, 11) is 1.90. The maximum absolute atomic E-state index is 12.4. The molecule has 0 radical (unpaired) electrons. The van der Waals surface area contributed by atoms with Crippen molar-refractivity contribution in [3.8, 4) is 0 Å². The lowest BCUT2D eigenvalue weighted by molar-refractivity contribution is -0.132. The molecular weight excluding hydrogens is 357 g/mol. The average Bonchev–Trinajstić information content (AvgIpc) is 2.99. The Labute approximate surface area is 155 Å². The van der Waals surface area contributed by atoms with Crippen LogP contribution in [0.4, 0.5) is 0 Å². The Bertz CT molecular complexity index is 867. The van der Waals surface area contributed by atoms with Gasteiger partial charge in [-0.25, -0.2) is 4.79 Å². The highest BCUT2D eigenvalue weighted by atomic mass is 35.5. The lowest BCUT2D eigenvalue weighted by atomic mass is 9.93. The molecule has 0 fully saturated rings. The van der Waals surface area contributed by atoms with E-state index in [1.807, 2.05) is 26.0 Å².